The SMILES string of the molecule is CCN(CC)C(CNCc1cn(C)nc1-c1ccncc1)c1ccco1. The van der Waals surface area contributed by atoms with Gasteiger partial charge in [-0.3, -0.25) is 14.6 Å². The van der Waals surface area contributed by atoms with E-state index in [1.165, 1.54) is 5.56 Å². The van der Waals surface area contributed by atoms with Crippen LogP contribution in [-0.4, -0.2) is 39.3 Å². The smallest absolute Gasteiger partial charge is 0.122 e. The fraction of sp³-hybridized carbons (Fsp3) is 0.400. The maximum atomic E-state index is 5.68. The first kappa shape index (κ1) is 18.4. The highest BCUT2D eigenvalue weighted by atomic mass is 16.3. The number of hydrogen-bond acceptors (Lipinski definition) is 5. The highest BCUT2D eigenvalue weighted by molar-refractivity contribution is 5.61. The van der Waals surface area contributed by atoms with Gasteiger partial charge < -0.3 is 9.73 Å². The van der Waals surface area contributed by atoms with Gasteiger partial charge in [0.25, 0.3) is 0 Å². The second kappa shape index (κ2) is 8.78. The summed E-state index contributed by atoms with van der Waals surface area (Å²) in [5.74, 6) is 1.00. The van der Waals surface area contributed by atoms with E-state index in [2.05, 4.69) is 46.4 Å². The molecule has 0 aliphatic carbocycles. The lowest BCUT2D eigenvalue weighted by Crippen LogP contribution is -2.35. The lowest BCUT2D eigenvalue weighted by atomic mass is 10.1. The topological polar surface area (TPSA) is 59.1 Å². The van der Waals surface area contributed by atoms with Gasteiger partial charge in [-0.25, -0.2) is 0 Å². The maximum absolute atomic E-state index is 5.68. The molecule has 3 rings (SSSR count). The third kappa shape index (κ3) is 4.20. The van der Waals surface area contributed by atoms with Gasteiger partial charge in [0.2, 0.25) is 0 Å². The first-order valence-corrected chi connectivity index (χ1v) is 9.14. The molecule has 0 saturated carbocycles. The van der Waals surface area contributed by atoms with Crippen molar-refractivity contribution in [2.45, 2.75) is 26.4 Å². The van der Waals surface area contributed by atoms with Crippen LogP contribution in [0.5, 0.6) is 0 Å². The fourth-order valence-corrected chi connectivity index (χ4v) is 3.32. The minimum absolute atomic E-state index is 0.223. The average molecular weight is 353 g/mol. The monoisotopic (exact) mass is 353 g/mol. The average Bonchev–Trinajstić information content (AvgIpc) is 3.32. The van der Waals surface area contributed by atoms with E-state index < -0.39 is 0 Å². The predicted molar refractivity (Wildman–Crippen MR) is 103 cm³/mol. The minimum atomic E-state index is 0.223. The van der Waals surface area contributed by atoms with Crippen molar-refractivity contribution in [2.75, 3.05) is 19.6 Å². The van der Waals surface area contributed by atoms with Crippen LogP contribution < -0.4 is 5.32 Å². The van der Waals surface area contributed by atoms with Gasteiger partial charge in [0.15, 0.2) is 0 Å². The number of aromatic nitrogens is 3. The molecule has 6 nitrogen and oxygen atoms in total. The lowest BCUT2D eigenvalue weighted by molar-refractivity contribution is 0.188. The van der Waals surface area contributed by atoms with Gasteiger partial charge in [-0.1, -0.05) is 13.8 Å². The quantitative estimate of drug-likeness (QED) is 0.640. The van der Waals surface area contributed by atoms with E-state index in [1.54, 1.807) is 18.7 Å². The van der Waals surface area contributed by atoms with Gasteiger partial charge in [0.1, 0.15) is 5.76 Å². The molecule has 1 atom stereocenters. The summed E-state index contributed by atoms with van der Waals surface area (Å²) in [6.45, 7) is 7.91. The highest BCUT2D eigenvalue weighted by Crippen LogP contribution is 2.23. The summed E-state index contributed by atoms with van der Waals surface area (Å²) in [5, 5.41) is 8.21. The van der Waals surface area contributed by atoms with Gasteiger partial charge >= 0.3 is 0 Å². The van der Waals surface area contributed by atoms with Crippen LogP contribution in [0.25, 0.3) is 11.3 Å². The van der Waals surface area contributed by atoms with Crippen molar-refractivity contribution in [3.05, 3.63) is 60.4 Å². The third-order valence-corrected chi connectivity index (χ3v) is 4.64. The standard InChI is InChI=1S/C20H27N5O/c1-4-25(5-2)18(19-7-6-12-26-19)14-22-13-17-15-24(3)23-20(17)16-8-10-21-11-9-16/h6-12,15,18,22H,4-5,13-14H2,1-3H3. The Morgan fingerprint density at radius 2 is 1.96 bits per heavy atom. The van der Waals surface area contributed by atoms with Crippen LogP contribution >= 0.6 is 0 Å². The van der Waals surface area contributed by atoms with Gasteiger partial charge in [-0.05, 0) is 37.4 Å². The maximum Gasteiger partial charge on any atom is 0.122 e. The molecule has 0 aromatic carbocycles. The normalized spacial score (nSPS) is 12.6. The Balaban J connectivity index is 1.71. The molecule has 0 aliphatic heterocycles. The van der Waals surface area contributed by atoms with Gasteiger partial charge in [0.05, 0.1) is 18.0 Å². The zero-order valence-electron chi connectivity index (χ0n) is 15.7. The van der Waals surface area contributed by atoms with E-state index in [0.717, 1.165) is 43.2 Å². The second-order valence-corrected chi connectivity index (χ2v) is 6.30. The minimum Gasteiger partial charge on any atom is -0.468 e. The van der Waals surface area contributed by atoms with Crippen molar-refractivity contribution in [3.63, 3.8) is 0 Å². The Morgan fingerprint density at radius 1 is 1.19 bits per heavy atom. The Hall–Kier alpha value is -2.44. The molecule has 0 bridgehead atoms. The van der Waals surface area contributed by atoms with Crippen molar-refractivity contribution in [1.82, 2.24) is 25.0 Å². The van der Waals surface area contributed by atoms with Crippen LogP contribution in [0.3, 0.4) is 0 Å². The fourth-order valence-electron chi connectivity index (χ4n) is 3.32. The first-order chi connectivity index (χ1) is 12.7. The predicted octanol–water partition coefficient (Wildman–Crippen LogP) is 3.25. The van der Waals surface area contributed by atoms with Crippen molar-refractivity contribution < 1.29 is 4.42 Å². The molecule has 0 fully saturated rings. The number of likely N-dealkylation sites (N-methyl/N-ethyl adjacent to an activating group) is 1. The number of furan rings is 1. The number of rotatable bonds is 9. The lowest BCUT2D eigenvalue weighted by Gasteiger charge is -2.28. The summed E-state index contributed by atoms with van der Waals surface area (Å²) in [4.78, 5) is 6.49. The molecule has 6 heteroatoms. The van der Waals surface area contributed by atoms with Crippen molar-refractivity contribution in [3.8, 4) is 11.3 Å². The number of aryl methyl sites for hydroxylation is 1. The van der Waals surface area contributed by atoms with E-state index in [0.29, 0.717) is 0 Å². The molecule has 1 unspecified atom stereocenters. The molecule has 26 heavy (non-hydrogen) atoms. The van der Waals surface area contributed by atoms with Crippen molar-refractivity contribution >= 4 is 0 Å². The van der Waals surface area contributed by atoms with E-state index >= 15 is 0 Å². The molecular formula is C20H27N5O. The van der Waals surface area contributed by atoms with Crippen LogP contribution in [0.2, 0.25) is 0 Å². The van der Waals surface area contributed by atoms with E-state index in [4.69, 9.17) is 4.42 Å². The van der Waals surface area contributed by atoms with Crippen LogP contribution in [0.1, 0.15) is 31.2 Å². The summed E-state index contributed by atoms with van der Waals surface area (Å²) >= 11 is 0. The summed E-state index contributed by atoms with van der Waals surface area (Å²) in [6, 6.07) is 8.22. The number of nitrogens with zero attached hydrogens (tertiary/aromatic N) is 4. The summed E-state index contributed by atoms with van der Waals surface area (Å²) < 4.78 is 7.54. The Labute approximate surface area is 154 Å². The number of pyridine rings is 1. The van der Waals surface area contributed by atoms with Gasteiger partial charge in [-0.15, -0.1) is 0 Å². The van der Waals surface area contributed by atoms with Crippen molar-refractivity contribution in [2.24, 2.45) is 7.05 Å². The Kier molecular flexibility index (Phi) is 6.20. The molecule has 3 aromatic rings. The molecule has 3 aromatic heterocycles. The molecule has 3 heterocycles. The molecule has 0 spiro atoms. The molecule has 0 amide bonds. The van der Waals surface area contributed by atoms with E-state index in [9.17, 15) is 0 Å². The molecule has 1 N–H and O–H groups in total. The van der Waals surface area contributed by atoms with Crippen molar-refractivity contribution in [1.29, 1.82) is 0 Å². The highest BCUT2D eigenvalue weighted by Gasteiger charge is 2.20. The summed E-state index contributed by atoms with van der Waals surface area (Å²) in [6.07, 6.45) is 7.42. The van der Waals surface area contributed by atoms with Crippen LogP contribution in [0.4, 0.5) is 0 Å². The van der Waals surface area contributed by atoms with Crippen LogP contribution in [0, 0.1) is 0 Å². The zero-order chi connectivity index (χ0) is 18.4. The molecule has 138 valence electrons. The Morgan fingerprint density at radius 3 is 2.62 bits per heavy atom. The van der Waals surface area contributed by atoms with Gasteiger partial charge in [-0.2, -0.15) is 5.10 Å². The van der Waals surface area contributed by atoms with E-state index in [1.807, 2.05) is 29.9 Å². The summed E-state index contributed by atoms with van der Waals surface area (Å²) in [7, 11) is 1.95. The van der Waals surface area contributed by atoms with Crippen LogP contribution in [0.15, 0.2) is 53.5 Å². The number of hydrogen-bond donors (Lipinski definition) is 1. The molecular weight excluding hydrogens is 326 g/mol. The molecule has 0 aliphatic rings. The molecule has 0 saturated heterocycles. The zero-order valence-corrected chi connectivity index (χ0v) is 15.7. The first-order valence-electron chi connectivity index (χ1n) is 9.14. The third-order valence-electron chi connectivity index (χ3n) is 4.64. The summed E-state index contributed by atoms with van der Waals surface area (Å²) in [5.41, 5.74) is 3.26. The van der Waals surface area contributed by atoms with E-state index in [-0.39, 0.29) is 6.04 Å². The Bertz CT molecular complexity index is 778. The van der Waals surface area contributed by atoms with Crippen LogP contribution in [-0.2, 0) is 13.6 Å². The van der Waals surface area contributed by atoms with Gasteiger partial charge in [0, 0.05) is 49.9 Å². The molecule has 0 radical (unpaired) electrons. The largest absolute Gasteiger partial charge is 0.468 e. The number of nitrogens with one attached hydrogen (secondary N) is 1. The second-order valence-electron chi connectivity index (χ2n) is 6.30.